The molecule has 2 atom stereocenters. The molecule has 2 heterocycles. The van der Waals surface area contributed by atoms with Gasteiger partial charge in [0.1, 0.15) is 0 Å². The molecule has 0 saturated carbocycles. The molecule has 2 saturated heterocycles. The Morgan fingerprint density at radius 1 is 1.47 bits per heavy atom. The zero-order chi connectivity index (χ0) is 12.3. The number of thioether (sulfide) groups is 1. The predicted molar refractivity (Wildman–Crippen MR) is 74.8 cm³/mol. The van der Waals surface area contributed by atoms with Crippen LogP contribution in [0.4, 0.5) is 0 Å². The normalized spacial score (nSPS) is 34.8. The Bertz CT molecular complexity index is 248. The van der Waals surface area contributed by atoms with E-state index in [0.717, 1.165) is 19.6 Å². The highest BCUT2D eigenvalue weighted by Gasteiger charge is 2.31. The van der Waals surface area contributed by atoms with Crippen LogP contribution in [0.1, 0.15) is 20.3 Å². The average molecular weight is 258 g/mol. The van der Waals surface area contributed by atoms with E-state index in [1.807, 2.05) is 0 Å². The largest absolute Gasteiger partial charge is 0.381 e. The zero-order valence-electron chi connectivity index (χ0n) is 11.4. The lowest BCUT2D eigenvalue weighted by molar-refractivity contribution is 0.0178. The molecule has 0 aromatic heterocycles. The fraction of sp³-hybridized carbons (Fsp3) is 1.00. The third kappa shape index (κ3) is 3.85. The second kappa shape index (κ2) is 5.91. The quantitative estimate of drug-likeness (QED) is 0.828. The van der Waals surface area contributed by atoms with Gasteiger partial charge in [0.15, 0.2) is 0 Å². The van der Waals surface area contributed by atoms with Gasteiger partial charge in [0, 0.05) is 48.7 Å². The monoisotopic (exact) mass is 258 g/mol. The van der Waals surface area contributed by atoms with Crippen molar-refractivity contribution in [3.05, 3.63) is 0 Å². The van der Waals surface area contributed by atoms with Crippen LogP contribution in [0, 0.1) is 5.92 Å². The second-order valence-electron chi connectivity index (χ2n) is 5.86. The van der Waals surface area contributed by atoms with Crippen molar-refractivity contribution in [3.8, 4) is 0 Å². The van der Waals surface area contributed by atoms with E-state index in [-0.39, 0.29) is 0 Å². The molecule has 0 bridgehead atoms. The van der Waals surface area contributed by atoms with E-state index in [1.165, 1.54) is 25.4 Å². The molecule has 2 aliphatic heterocycles. The molecule has 3 nitrogen and oxygen atoms in total. The lowest BCUT2D eigenvalue weighted by Crippen LogP contribution is -2.50. The minimum Gasteiger partial charge on any atom is -0.381 e. The number of ether oxygens (including phenoxy) is 1. The first-order valence-corrected chi connectivity index (χ1v) is 7.70. The third-order valence-electron chi connectivity index (χ3n) is 3.84. The van der Waals surface area contributed by atoms with E-state index >= 15 is 0 Å². The number of hydrogen-bond acceptors (Lipinski definition) is 4. The fourth-order valence-corrected chi connectivity index (χ4v) is 4.13. The Morgan fingerprint density at radius 3 is 3.00 bits per heavy atom. The minimum atomic E-state index is 0.420. The molecule has 0 amide bonds. The molecule has 2 aliphatic rings. The van der Waals surface area contributed by atoms with E-state index in [4.69, 9.17) is 4.74 Å². The van der Waals surface area contributed by atoms with Crippen LogP contribution in [-0.2, 0) is 4.74 Å². The van der Waals surface area contributed by atoms with E-state index in [1.54, 1.807) is 0 Å². The van der Waals surface area contributed by atoms with Gasteiger partial charge in [-0.2, -0.15) is 11.8 Å². The topological polar surface area (TPSA) is 24.5 Å². The smallest absolute Gasteiger partial charge is 0.0521 e. The summed E-state index contributed by atoms with van der Waals surface area (Å²) in [5, 5.41) is 3.45. The molecule has 4 heteroatoms. The number of nitrogens with one attached hydrogen (secondary N) is 1. The van der Waals surface area contributed by atoms with Crippen LogP contribution in [0.5, 0.6) is 0 Å². The molecule has 0 aromatic carbocycles. The molecule has 0 aromatic rings. The second-order valence-corrected chi connectivity index (χ2v) is 7.66. The van der Waals surface area contributed by atoms with Crippen molar-refractivity contribution < 1.29 is 4.74 Å². The van der Waals surface area contributed by atoms with Gasteiger partial charge in [0.2, 0.25) is 0 Å². The molecule has 0 spiro atoms. The predicted octanol–water partition coefficient (Wildman–Crippen LogP) is 1.44. The van der Waals surface area contributed by atoms with Gasteiger partial charge in [-0.1, -0.05) is 0 Å². The Labute approximate surface area is 110 Å². The molecule has 1 N–H and O–H groups in total. The molecule has 0 radical (unpaired) electrons. The van der Waals surface area contributed by atoms with Crippen molar-refractivity contribution in [2.75, 3.05) is 45.6 Å². The first kappa shape index (κ1) is 13.7. The summed E-state index contributed by atoms with van der Waals surface area (Å²) in [5.41, 5.74) is 0. The van der Waals surface area contributed by atoms with Crippen LogP contribution >= 0.6 is 11.8 Å². The van der Waals surface area contributed by atoms with Gasteiger partial charge >= 0.3 is 0 Å². The molecule has 17 heavy (non-hydrogen) atoms. The minimum absolute atomic E-state index is 0.420. The van der Waals surface area contributed by atoms with Crippen molar-refractivity contribution >= 4 is 11.8 Å². The molecular weight excluding hydrogens is 232 g/mol. The van der Waals surface area contributed by atoms with Gasteiger partial charge in [-0.05, 0) is 27.3 Å². The molecule has 2 fully saturated rings. The van der Waals surface area contributed by atoms with Gasteiger partial charge in [0.05, 0.1) is 6.61 Å². The maximum atomic E-state index is 5.64. The Balaban J connectivity index is 1.86. The summed E-state index contributed by atoms with van der Waals surface area (Å²) in [6.07, 6.45) is 1.16. The molecule has 2 rings (SSSR count). The van der Waals surface area contributed by atoms with Crippen LogP contribution in [0.25, 0.3) is 0 Å². The third-order valence-corrected chi connectivity index (χ3v) is 5.14. The highest BCUT2D eigenvalue weighted by Crippen LogP contribution is 2.30. The van der Waals surface area contributed by atoms with E-state index in [0.29, 0.717) is 16.7 Å². The van der Waals surface area contributed by atoms with Crippen LogP contribution in [0.3, 0.4) is 0 Å². The number of nitrogens with zero attached hydrogens (tertiary/aromatic N) is 1. The maximum Gasteiger partial charge on any atom is 0.0521 e. The standard InChI is InChI=1S/C13H26N2OS/c1-13(2)10-15(5-7-17-13)8-11-9-16-6-4-12(11)14-3/h11-12,14H,4-10H2,1-3H3. The summed E-state index contributed by atoms with van der Waals surface area (Å²) >= 11 is 2.10. The summed E-state index contributed by atoms with van der Waals surface area (Å²) in [6.45, 7) is 10.2. The van der Waals surface area contributed by atoms with Gasteiger partial charge in [0.25, 0.3) is 0 Å². The lowest BCUT2D eigenvalue weighted by atomic mass is 9.95. The summed E-state index contributed by atoms with van der Waals surface area (Å²) in [6, 6.07) is 0.640. The van der Waals surface area contributed by atoms with Gasteiger partial charge in [-0.15, -0.1) is 0 Å². The Hall–Kier alpha value is 0.230. The summed E-state index contributed by atoms with van der Waals surface area (Å²) in [7, 11) is 2.08. The van der Waals surface area contributed by atoms with Crippen molar-refractivity contribution in [1.29, 1.82) is 0 Å². The van der Waals surface area contributed by atoms with Crippen molar-refractivity contribution in [3.63, 3.8) is 0 Å². The molecule has 0 aliphatic carbocycles. The first-order chi connectivity index (χ1) is 8.11. The van der Waals surface area contributed by atoms with E-state index in [9.17, 15) is 0 Å². The Morgan fingerprint density at radius 2 is 2.29 bits per heavy atom. The van der Waals surface area contributed by atoms with Gasteiger partial charge in [-0.3, -0.25) is 0 Å². The highest BCUT2D eigenvalue weighted by atomic mass is 32.2. The number of hydrogen-bond donors (Lipinski definition) is 1. The van der Waals surface area contributed by atoms with E-state index < -0.39 is 0 Å². The van der Waals surface area contributed by atoms with Gasteiger partial charge < -0.3 is 15.0 Å². The highest BCUT2D eigenvalue weighted by molar-refractivity contribution is 8.00. The van der Waals surface area contributed by atoms with Crippen molar-refractivity contribution in [2.24, 2.45) is 5.92 Å². The first-order valence-electron chi connectivity index (χ1n) is 6.72. The van der Waals surface area contributed by atoms with E-state index in [2.05, 4.69) is 42.9 Å². The van der Waals surface area contributed by atoms with Crippen LogP contribution < -0.4 is 5.32 Å². The lowest BCUT2D eigenvalue weighted by Gasteiger charge is -2.41. The molecular formula is C13H26N2OS. The van der Waals surface area contributed by atoms with Crippen LogP contribution in [0.15, 0.2) is 0 Å². The van der Waals surface area contributed by atoms with Crippen LogP contribution in [0.2, 0.25) is 0 Å². The van der Waals surface area contributed by atoms with Crippen molar-refractivity contribution in [2.45, 2.75) is 31.1 Å². The van der Waals surface area contributed by atoms with Crippen LogP contribution in [-0.4, -0.2) is 61.3 Å². The summed E-state index contributed by atoms with van der Waals surface area (Å²) in [4.78, 5) is 2.63. The summed E-state index contributed by atoms with van der Waals surface area (Å²) in [5.74, 6) is 1.93. The maximum absolute atomic E-state index is 5.64. The zero-order valence-corrected chi connectivity index (χ0v) is 12.2. The average Bonchev–Trinajstić information content (AvgIpc) is 2.28. The summed E-state index contributed by atoms with van der Waals surface area (Å²) < 4.78 is 6.06. The molecule has 100 valence electrons. The molecule has 2 unspecified atom stereocenters. The van der Waals surface area contributed by atoms with Gasteiger partial charge in [-0.25, -0.2) is 0 Å². The Kier molecular flexibility index (Phi) is 4.75. The number of rotatable bonds is 3. The SMILES string of the molecule is CNC1CCOCC1CN1CCSC(C)(C)C1. The fourth-order valence-electron chi connectivity index (χ4n) is 2.96. The van der Waals surface area contributed by atoms with Crippen molar-refractivity contribution in [1.82, 2.24) is 10.2 Å².